The van der Waals surface area contributed by atoms with Crippen LogP contribution in [0, 0.1) is 0 Å². The molecule has 0 unspecified atom stereocenters. The molecule has 3 rings (SSSR count). The van der Waals surface area contributed by atoms with Crippen LogP contribution in [0.25, 0.3) is 11.1 Å². The summed E-state index contributed by atoms with van der Waals surface area (Å²) < 4.78 is 4.74. The Labute approximate surface area is 147 Å². The molecule has 0 aliphatic rings. The molecule has 0 aliphatic carbocycles. The van der Waals surface area contributed by atoms with E-state index in [1.54, 1.807) is 12.1 Å². The van der Waals surface area contributed by atoms with Gasteiger partial charge in [-0.05, 0) is 41.0 Å². The number of methoxy groups -OCH3 is 1. The molecule has 0 radical (unpaired) electrons. The first-order chi connectivity index (χ1) is 12.3. The molecule has 0 fully saturated rings. The number of benzene rings is 3. The summed E-state index contributed by atoms with van der Waals surface area (Å²) >= 11 is 0. The van der Waals surface area contributed by atoms with Crippen molar-refractivity contribution in [1.29, 1.82) is 0 Å². The van der Waals surface area contributed by atoms with Crippen LogP contribution in [-0.4, -0.2) is 13.1 Å². The maximum atomic E-state index is 11.6. The van der Waals surface area contributed by atoms with Crippen LogP contribution < -0.4 is 10.9 Å². The van der Waals surface area contributed by atoms with Gasteiger partial charge >= 0.3 is 5.97 Å². The Morgan fingerprint density at radius 1 is 0.880 bits per heavy atom. The lowest BCUT2D eigenvalue weighted by atomic mass is 9.99. The number of rotatable bonds is 6. The Bertz CT molecular complexity index is 830. The molecule has 0 heterocycles. The van der Waals surface area contributed by atoms with Crippen molar-refractivity contribution in [3.63, 3.8) is 0 Å². The van der Waals surface area contributed by atoms with Crippen molar-refractivity contribution >= 4 is 11.7 Å². The lowest BCUT2D eigenvalue weighted by Gasteiger charge is -2.13. The molecule has 4 heteroatoms. The van der Waals surface area contributed by atoms with Gasteiger partial charge in [-0.2, -0.15) is 0 Å². The molecule has 0 aliphatic heterocycles. The Morgan fingerprint density at radius 2 is 1.56 bits per heavy atom. The summed E-state index contributed by atoms with van der Waals surface area (Å²) in [4.78, 5) is 11.6. The zero-order chi connectivity index (χ0) is 17.5. The first kappa shape index (κ1) is 16.7. The molecule has 3 aromatic carbocycles. The van der Waals surface area contributed by atoms with Gasteiger partial charge < -0.3 is 10.2 Å². The summed E-state index contributed by atoms with van der Waals surface area (Å²) in [6, 6.07) is 25.6. The second kappa shape index (κ2) is 8.13. The van der Waals surface area contributed by atoms with Crippen molar-refractivity contribution in [2.24, 2.45) is 0 Å². The number of carbonyl (C=O) groups excluding carboxylic acids is 1. The number of carbonyl (C=O) groups is 1. The second-order valence-electron chi connectivity index (χ2n) is 5.57. The second-order valence-corrected chi connectivity index (χ2v) is 5.57. The minimum atomic E-state index is -0.325. The molecule has 0 bridgehead atoms. The van der Waals surface area contributed by atoms with Crippen molar-refractivity contribution in [1.82, 2.24) is 5.43 Å². The molecule has 0 aromatic heterocycles. The van der Waals surface area contributed by atoms with Crippen LogP contribution in [0.2, 0.25) is 0 Å². The van der Waals surface area contributed by atoms with E-state index in [2.05, 4.69) is 23.0 Å². The van der Waals surface area contributed by atoms with Crippen LogP contribution in [0.15, 0.2) is 78.9 Å². The third-order valence-corrected chi connectivity index (χ3v) is 3.92. The minimum absolute atomic E-state index is 0.325. The van der Waals surface area contributed by atoms with Gasteiger partial charge in [0.1, 0.15) is 0 Å². The highest BCUT2D eigenvalue weighted by molar-refractivity contribution is 5.90. The van der Waals surface area contributed by atoms with Gasteiger partial charge in [0, 0.05) is 12.2 Å². The van der Waals surface area contributed by atoms with Crippen molar-refractivity contribution in [2.75, 3.05) is 12.5 Å². The lowest BCUT2D eigenvalue weighted by Crippen LogP contribution is -2.21. The monoisotopic (exact) mass is 332 g/mol. The molecule has 25 heavy (non-hydrogen) atoms. The van der Waals surface area contributed by atoms with Crippen LogP contribution in [0.4, 0.5) is 5.69 Å². The molecular formula is C21H20N2O2. The van der Waals surface area contributed by atoms with Crippen LogP contribution in [0.5, 0.6) is 0 Å². The summed E-state index contributed by atoms with van der Waals surface area (Å²) in [5, 5.41) is 0. The van der Waals surface area contributed by atoms with E-state index >= 15 is 0 Å². The Kier molecular flexibility index (Phi) is 5.44. The van der Waals surface area contributed by atoms with E-state index < -0.39 is 0 Å². The highest BCUT2D eigenvalue weighted by atomic mass is 16.5. The maximum Gasteiger partial charge on any atom is 0.337 e. The summed E-state index contributed by atoms with van der Waals surface area (Å²) in [7, 11) is 1.39. The predicted octanol–water partition coefficient (Wildman–Crippen LogP) is 4.26. The molecule has 0 atom stereocenters. The number of hydrogen-bond acceptors (Lipinski definition) is 4. The normalized spacial score (nSPS) is 10.3. The van der Waals surface area contributed by atoms with Gasteiger partial charge in [0.2, 0.25) is 0 Å². The highest BCUT2D eigenvalue weighted by Crippen LogP contribution is 2.24. The SMILES string of the molecule is COC(=O)c1ccc(-c2ccccc2CNNc2ccccc2)cc1. The fraction of sp³-hybridized carbons (Fsp3) is 0.0952. The molecule has 0 amide bonds. The molecule has 4 nitrogen and oxygen atoms in total. The van der Waals surface area contributed by atoms with Crippen LogP contribution in [0.1, 0.15) is 15.9 Å². The van der Waals surface area contributed by atoms with E-state index in [1.807, 2.05) is 54.6 Å². The van der Waals surface area contributed by atoms with Crippen LogP contribution >= 0.6 is 0 Å². The number of ether oxygens (including phenoxy) is 1. The van der Waals surface area contributed by atoms with Crippen molar-refractivity contribution < 1.29 is 9.53 Å². The molecule has 0 saturated heterocycles. The first-order valence-corrected chi connectivity index (χ1v) is 8.08. The van der Waals surface area contributed by atoms with Crippen molar-refractivity contribution in [3.8, 4) is 11.1 Å². The topological polar surface area (TPSA) is 50.4 Å². The lowest BCUT2D eigenvalue weighted by molar-refractivity contribution is 0.0601. The van der Waals surface area contributed by atoms with E-state index in [-0.39, 0.29) is 5.97 Å². The van der Waals surface area contributed by atoms with Crippen LogP contribution in [0.3, 0.4) is 0 Å². The van der Waals surface area contributed by atoms with Gasteiger partial charge in [-0.25, -0.2) is 10.2 Å². The third-order valence-electron chi connectivity index (χ3n) is 3.92. The van der Waals surface area contributed by atoms with Crippen LogP contribution in [-0.2, 0) is 11.3 Å². The number of hydrogen-bond donors (Lipinski definition) is 2. The molecule has 3 aromatic rings. The zero-order valence-electron chi connectivity index (χ0n) is 14.0. The average Bonchev–Trinajstić information content (AvgIpc) is 2.69. The number of esters is 1. The van der Waals surface area contributed by atoms with Gasteiger partial charge in [-0.1, -0.05) is 54.6 Å². The van der Waals surface area contributed by atoms with E-state index in [0.29, 0.717) is 12.1 Å². The average molecular weight is 332 g/mol. The van der Waals surface area contributed by atoms with E-state index in [0.717, 1.165) is 22.4 Å². The molecule has 126 valence electrons. The number of para-hydroxylation sites is 1. The number of hydrazine groups is 1. The van der Waals surface area contributed by atoms with E-state index in [4.69, 9.17) is 4.74 Å². The quantitative estimate of drug-likeness (QED) is 0.523. The summed E-state index contributed by atoms with van der Waals surface area (Å²) in [6.07, 6.45) is 0. The fourth-order valence-electron chi connectivity index (χ4n) is 2.62. The Morgan fingerprint density at radius 3 is 2.28 bits per heavy atom. The third kappa shape index (κ3) is 4.25. The minimum Gasteiger partial charge on any atom is -0.465 e. The van der Waals surface area contributed by atoms with Crippen molar-refractivity contribution in [2.45, 2.75) is 6.54 Å². The van der Waals surface area contributed by atoms with E-state index in [1.165, 1.54) is 7.11 Å². The summed E-state index contributed by atoms with van der Waals surface area (Å²) in [6.45, 7) is 0.670. The summed E-state index contributed by atoms with van der Waals surface area (Å²) in [5.74, 6) is -0.325. The number of nitrogens with one attached hydrogen (secondary N) is 2. The molecular weight excluding hydrogens is 312 g/mol. The van der Waals surface area contributed by atoms with Crippen molar-refractivity contribution in [3.05, 3.63) is 90.0 Å². The van der Waals surface area contributed by atoms with E-state index in [9.17, 15) is 4.79 Å². The zero-order valence-corrected chi connectivity index (χ0v) is 14.0. The number of anilines is 1. The first-order valence-electron chi connectivity index (χ1n) is 8.08. The largest absolute Gasteiger partial charge is 0.465 e. The molecule has 0 spiro atoms. The van der Waals surface area contributed by atoms with Gasteiger partial charge in [0.25, 0.3) is 0 Å². The smallest absolute Gasteiger partial charge is 0.337 e. The highest BCUT2D eigenvalue weighted by Gasteiger charge is 2.08. The molecule has 2 N–H and O–H groups in total. The Hall–Kier alpha value is -3.11. The standard InChI is InChI=1S/C21H20N2O2/c1-25-21(24)17-13-11-16(12-14-17)20-10-6-5-7-18(20)15-22-23-19-8-3-2-4-9-19/h2-14,22-23H,15H2,1H3. The van der Waals surface area contributed by atoms with Gasteiger partial charge in [-0.15, -0.1) is 0 Å². The fourth-order valence-corrected chi connectivity index (χ4v) is 2.62. The maximum absolute atomic E-state index is 11.6. The van der Waals surface area contributed by atoms with Gasteiger partial charge in [0.15, 0.2) is 0 Å². The summed E-state index contributed by atoms with van der Waals surface area (Å²) in [5.41, 5.74) is 11.3. The molecule has 0 saturated carbocycles. The van der Waals surface area contributed by atoms with Gasteiger partial charge in [0.05, 0.1) is 12.7 Å². The predicted molar refractivity (Wildman–Crippen MR) is 100 cm³/mol. The Balaban J connectivity index is 1.73. The van der Waals surface area contributed by atoms with Gasteiger partial charge in [-0.3, -0.25) is 0 Å².